The van der Waals surface area contributed by atoms with E-state index in [4.69, 9.17) is 4.42 Å². The number of nitrogens with zero attached hydrogens (tertiary/aromatic N) is 1. The second-order valence-electron chi connectivity index (χ2n) is 6.45. The van der Waals surface area contributed by atoms with Crippen LogP contribution in [0.4, 0.5) is 5.69 Å². The van der Waals surface area contributed by atoms with Gasteiger partial charge < -0.3 is 9.73 Å². The Morgan fingerprint density at radius 1 is 1.29 bits per heavy atom. The van der Waals surface area contributed by atoms with Crippen molar-refractivity contribution in [1.29, 1.82) is 5.26 Å². The third kappa shape index (κ3) is 3.26. The molecule has 1 aromatic heterocycles. The Morgan fingerprint density at radius 2 is 1.96 bits per heavy atom. The van der Waals surface area contributed by atoms with Crippen LogP contribution < -0.4 is 5.32 Å². The van der Waals surface area contributed by atoms with Gasteiger partial charge in [-0.1, -0.05) is 25.1 Å². The molecule has 0 radical (unpaired) electrons. The van der Waals surface area contributed by atoms with E-state index in [0.717, 1.165) is 29.0 Å². The van der Waals surface area contributed by atoms with Gasteiger partial charge in [0.05, 0.1) is 0 Å². The molecule has 2 aromatic rings. The lowest BCUT2D eigenvalue weighted by molar-refractivity contribution is -0.112. The summed E-state index contributed by atoms with van der Waals surface area (Å²) in [6.07, 6.45) is 2.63. The lowest BCUT2D eigenvalue weighted by Crippen LogP contribution is -2.15. The number of aryl methyl sites for hydroxylation is 2. The van der Waals surface area contributed by atoms with E-state index >= 15 is 0 Å². The van der Waals surface area contributed by atoms with Gasteiger partial charge in [-0.25, -0.2) is 0 Å². The van der Waals surface area contributed by atoms with Crippen molar-refractivity contribution < 1.29 is 9.21 Å². The summed E-state index contributed by atoms with van der Waals surface area (Å²) in [5, 5.41) is 12.2. The number of carbonyl (C=O) groups excluding carboxylic acids is 1. The molecule has 2 atom stereocenters. The molecule has 122 valence electrons. The minimum atomic E-state index is -0.423. The van der Waals surface area contributed by atoms with Gasteiger partial charge in [-0.2, -0.15) is 5.26 Å². The average molecular weight is 320 g/mol. The van der Waals surface area contributed by atoms with Crippen LogP contribution in [0.15, 0.2) is 40.3 Å². The van der Waals surface area contributed by atoms with Gasteiger partial charge in [-0.05, 0) is 49.4 Å². The molecule has 1 heterocycles. The van der Waals surface area contributed by atoms with Crippen LogP contribution in [0.25, 0.3) is 6.08 Å². The number of carbonyl (C=O) groups is 1. The number of hydrogen-bond donors (Lipinski definition) is 1. The number of anilines is 1. The van der Waals surface area contributed by atoms with Gasteiger partial charge in [0.2, 0.25) is 0 Å². The lowest BCUT2D eigenvalue weighted by atomic mass is 10.1. The Kier molecular flexibility index (Phi) is 4.26. The molecule has 1 aromatic carbocycles. The van der Waals surface area contributed by atoms with Crippen molar-refractivity contribution in [3.8, 4) is 6.07 Å². The largest absolute Gasteiger partial charge is 0.461 e. The molecule has 24 heavy (non-hydrogen) atoms. The van der Waals surface area contributed by atoms with Crippen molar-refractivity contribution in [3.05, 3.63) is 58.6 Å². The number of para-hydroxylation sites is 1. The molecule has 0 aliphatic heterocycles. The Labute approximate surface area is 141 Å². The van der Waals surface area contributed by atoms with Crippen LogP contribution in [-0.4, -0.2) is 5.91 Å². The summed E-state index contributed by atoms with van der Waals surface area (Å²) in [5.41, 5.74) is 2.70. The minimum absolute atomic E-state index is 0.0300. The lowest BCUT2D eigenvalue weighted by Gasteiger charge is -2.10. The van der Waals surface area contributed by atoms with Crippen molar-refractivity contribution in [3.63, 3.8) is 0 Å². The van der Waals surface area contributed by atoms with Gasteiger partial charge in [-0.15, -0.1) is 0 Å². The van der Waals surface area contributed by atoms with E-state index in [1.165, 1.54) is 6.08 Å². The molecule has 1 amide bonds. The summed E-state index contributed by atoms with van der Waals surface area (Å²) in [4.78, 5) is 12.4. The SMILES string of the molecule is Cc1cccc(C)c1NC(=O)/C(C#N)=C/c1ccc([C@H]2C[C@@H]2C)o1. The number of amides is 1. The molecule has 1 aliphatic rings. The fourth-order valence-corrected chi connectivity index (χ4v) is 2.85. The fourth-order valence-electron chi connectivity index (χ4n) is 2.85. The molecule has 0 unspecified atom stereocenters. The normalized spacial score (nSPS) is 19.7. The third-order valence-corrected chi connectivity index (χ3v) is 4.49. The van der Waals surface area contributed by atoms with E-state index in [2.05, 4.69) is 12.2 Å². The fraction of sp³-hybridized carbons (Fsp3) is 0.300. The Bertz CT molecular complexity index is 835. The van der Waals surface area contributed by atoms with E-state index in [-0.39, 0.29) is 5.57 Å². The van der Waals surface area contributed by atoms with Crippen LogP contribution in [-0.2, 0) is 4.79 Å². The van der Waals surface area contributed by atoms with Gasteiger partial charge in [-0.3, -0.25) is 4.79 Å². The van der Waals surface area contributed by atoms with Crippen LogP contribution >= 0.6 is 0 Å². The third-order valence-electron chi connectivity index (χ3n) is 4.49. The predicted octanol–water partition coefficient (Wildman–Crippen LogP) is 4.57. The van der Waals surface area contributed by atoms with Crippen LogP contribution in [0, 0.1) is 31.1 Å². The van der Waals surface area contributed by atoms with Gasteiger partial charge in [0.1, 0.15) is 23.2 Å². The number of furan rings is 1. The Hall–Kier alpha value is -2.80. The molecule has 0 saturated heterocycles. The molecule has 3 rings (SSSR count). The molecule has 4 heteroatoms. The predicted molar refractivity (Wildman–Crippen MR) is 93.4 cm³/mol. The van der Waals surface area contributed by atoms with Crippen molar-refractivity contribution in [2.45, 2.75) is 33.1 Å². The van der Waals surface area contributed by atoms with Crippen LogP contribution in [0.5, 0.6) is 0 Å². The highest BCUT2D eigenvalue weighted by Gasteiger charge is 2.36. The molecule has 1 N–H and O–H groups in total. The molecular formula is C20H20N2O2. The Balaban J connectivity index is 1.79. The first-order chi connectivity index (χ1) is 11.5. The van der Waals surface area contributed by atoms with Crippen molar-refractivity contribution in [2.75, 3.05) is 5.32 Å². The average Bonchev–Trinajstić information content (AvgIpc) is 3.09. The molecule has 0 bridgehead atoms. The van der Waals surface area contributed by atoms with E-state index in [0.29, 0.717) is 17.6 Å². The first-order valence-corrected chi connectivity index (χ1v) is 8.08. The number of hydrogen-bond acceptors (Lipinski definition) is 3. The second kappa shape index (κ2) is 6.37. The molecule has 1 fully saturated rings. The minimum Gasteiger partial charge on any atom is -0.461 e. The number of rotatable bonds is 4. The van der Waals surface area contributed by atoms with Gasteiger partial charge >= 0.3 is 0 Å². The summed E-state index contributed by atoms with van der Waals surface area (Å²) in [6, 6.07) is 11.5. The van der Waals surface area contributed by atoms with Crippen molar-refractivity contribution in [2.24, 2.45) is 5.92 Å². The number of nitriles is 1. The van der Waals surface area contributed by atoms with Gasteiger partial charge in [0.25, 0.3) is 5.91 Å². The van der Waals surface area contributed by atoms with E-state index in [9.17, 15) is 10.1 Å². The van der Waals surface area contributed by atoms with Crippen LogP contribution in [0.1, 0.15) is 41.9 Å². The van der Waals surface area contributed by atoms with Crippen LogP contribution in [0.2, 0.25) is 0 Å². The quantitative estimate of drug-likeness (QED) is 0.663. The number of nitrogens with one attached hydrogen (secondary N) is 1. The first kappa shape index (κ1) is 16.1. The topological polar surface area (TPSA) is 66.0 Å². The summed E-state index contributed by atoms with van der Waals surface area (Å²) < 4.78 is 5.75. The molecule has 1 saturated carbocycles. The van der Waals surface area contributed by atoms with E-state index in [1.54, 1.807) is 0 Å². The maximum Gasteiger partial charge on any atom is 0.266 e. The maximum atomic E-state index is 12.4. The highest BCUT2D eigenvalue weighted by atomic mass is 16.3. The molecule has 0 spiro atoms. The summed E-state index contributed by atoms with van der Waals surface area (Å²) >= 11 is 0. The van der Waals surface area contributed by atoms with Crippen molar-refractivity contribution >= 4 is 17.7 Å². The smallest absolute Gasteiger partial charge is 0.266 e. The zero-order valence-electron chi connectivity index (χ0n) is 14.1. The molecule has 1 aliphatic carbocycles. The Morgan fingerprint density at radius 3 is 2.54 bits per heavy atom. The zero-order valence-corrected chi connectivity index (χ0v) is 14.1. The van der Waals surface area contributed by atoms with Crippen LogP contribution in [0.3, 0.4) is 0 Å². The second-order valence-corrected chi connectivity index (χ2v) is 6.45. The monoisotopic (exact) mass is 320 g/mol. The maximum absolute atomic E-state index is 12.4. The standard InChI is InChI=1S/C20H20N2O2/c1-12-5-4-6-13(2)19(12)22-20(23)15(11-21)10-16-7-8-18(24-16)17-9-14(17)3/h4-8,10,14,17H,9H2,1-3H3,(H,22,23)/b15-10+/t14-,17-/m0/s1. The highest BCUT2D eigenvalue weighted by molar-refractivity contribution is 6.10. The molecular weight excluding hydrogens is 300 g/mol. The molecule has 4 nitrogen and oxygen atoms in total. The van der Waals surface area contributed by atoms with E-state index < -0.39 is 5.91 Å². The first-order valence-electron chi connectivity index (χ1n) is 8.08. The zero-order chi connectivity index (χ0) is 17.3. The highest BCUT2D eigenvalue weighted by Crippen LogP contribution is 2.47. The van der Waals surface area contributed by atoms with Crippen molar-refractivity contribution in [1.82, 2.24) is 0 Å². The van der Waals surface area contributed by atoms with Gasteiger partial charge in [0, 0.05) is 17.7 Å². The summed E-state index contributed by atoms with van der Waals surface area (Å²) in [6.45, 7) is 6.03. The van der Waals surface area contributed by atoms with Gasteiger partial charge in [0.15, 0.2) is 0 Å². The summed E-state index contributed by atoms with van der Waals surface area (Å²) in [7, 11) is 0. The number of benzene rings is 1. The van der Waals surface area contributed by atoms with E-state index in [1.807, 2.05) is 50.2 Å². The summed E-state index contributed by atoms with van der Waals surface area (Å²) in [5.74, 6) is 2.17.